The molecule has 0 saturated heterocycles. The Balaban J connectivity index is 1.55. The first kappa shape index (κ1) is 22.1. The Kier molecular flexibility index (Phi) is 5.81. The molecular formula is C22H22F3N5OS. The van der Waals surface area contributed by atoms with Gasteiger partial charge in [-0.25, -0.2) is 4.68 Å². The van der Waals surface area contributed by atoms with Crippen LogP contribution in [0.2, 0.25) is 0 Å². The third-order valence-corrected chi connectivity index (χ3v) is 6.16. The van der Waals surface area contributed by atoms with Crippen LogP contribution in [0.3, 0.4) is 0 Å². The minimum Gasteiger partial charge on any atom is -0.351 e. The van der Waals surface area contributed by atoms with Crippen LogP contribution in [0.1, 0.15) is 33.7 Å². The van der Waals surface area contributed by atoms with E-state index in [9.17, 15) is 18.0 Å². The fourth-order valence-electron chi connectivity index (χ4n) is 3.55. The largest absolute Gasteiger partial charge is 0.435 e. The van der Waals surface area contributed by atoms with Gasteiger partial charge in [-0.3, -0.25) is 9.48 Å². The number of hydrogen-bond acceptors (Lipinski definition) is 4. The fourth-order valence-corrected chi connectivity index (χ4v) is 4.59. The topological polar surface area (TPSA) is 64.7 Å². The molecule has 0 aliphatic carbocycles. The van der Waals surface area contributed by atoms with Crippen molar-refractivity contribution >= 4 is 27.5 Å². The molecule has 0 aliphatic heterocycles. The predicted molar refractivity (Wildman–Crippen MR) is 117 cm³/mol. The second kappa shape index (κ2) is 8.42. The van der Waals surface area contributed by atoms with Crippen molar-refractivity contribution in [1.82, 2.24) is 24.9 Å². The number of fused-ring (bicyclic) bond motifs is 1. The monoisotopic (exact) mass is 461 g/mol. The Labute approximate surface area is 186 Å². The lowest BCUT2D eigenvalue weighted by molar-refractivity contribution is -0.140. The van der Waals surface area contributed by atoms with Crippen LogP contribution in [-0.4, -0.2) is 32.0 Å². The number of aryl methyl sites for hydroxylation is 2. The molecule has 6 nitrogen and oxygen atoms in total. The molecule has 1 aromatic carbocycles. The highest BCUT2D eigenvalue weighted by Gasteiger charge is 2.38. The van der Waals surface area contributed by atoms with Crippen molar-refractivity contribution in [3.05, 3.63) is 64.4 Å². The lowest BCUT2D eigenvalue weighted by atomic mass is 10.2. The van der Waals surface area contributed by atoms with Gasteiger partial charge >= 0.3 is 6.18 Å². The second-order valence-electron chi connectivity index (χ2n) is 7.85. The summed E-state index contributed by atoms with van der Waals surface area (Å²) in [5.41, 5.74) is 1.47. The van der Waals surface area contributed by atoms with Gasteiger partial charge in [-0.2, -0.15) is 23.4 Å². The molecule has 1 amide bonds. The SMILES string of the molecule is Cc1cc(C)n(C[C@H](C)CNC(=O)c2cc3c(C(F)(F)F)nn(-c4ccccc4)c3s2)n1. The van der Waals surface area contributed by atoms with Gasteiger partial charge in [-0.05, 0) is 44.0 Å². The summed E-state index contributed by atoms with van der Waals surface area (Å²) in [5, 5.41) is 11.0. The number of alkyl halides is 3. The fraction of sp³-hybridized carbons (Fsp3) is 0.318. The molecule has 10 heteroatoms. The number of nitrogens with zero attached hydrogens (tertiary/aromatic N) is 4. The lowest BCUT2D eigenvalue weighted by Crippen LogP contribution is -2.29. The number of amides is 1. The van der Waals surface area contributed by atoms with Gasteiger partial charge in [-0.1, -0.05) is 25.1 Å². The van der Waals surface area contributed by atoms with Crippen molar-refractivity contribution in [3.63, 3.8) is 0 Å². The van der Waals surface area contributed by atoms with Crippen LogP contribution in [0.15, 0.2) is 42.5 Å². The Morgan fingerprint density at radius 2 is 1.88 bits per heavy atom. The summed E-state index contributed by atoms with van der Waals surface area (Å²) in [5.74, 6) is -0.309. The molecule has 3 aromatic heterocycles. The molecular weight excluding hydrogens is 439 g/mol. The average Bonchev–Trinajstić information content (AvgIpc) is 3.39. The Hall–Kier alpha value is -3.14. The van der Waals surface area contributed by atoms with E-state index < -0.39 is 17.8 Å². The molecule has 4 aromatic rings. The van der Waals surface area contributed by atoms with Crippen molar-refractivity contribution in [3.8, 4) is 5.69 Å². The summed E-state index contributed by atoms with van der Waals surface area (Å²) in [6.45, 7) is 6.88. The zero-order valence-corrected chi connectivity index (χ0v) is 18.6. The average molecular weight is 462 g/mol. The molecule has 0 radical (unpaired) electrons. The zero-order chi connectivity index (χ0) is 23.0. The van der Waals surface area contributed by atoms with Crippen LogP contribution in [0.5, 0.6) is 0 Å². The van der Waals surface area contributed by atoms with E-state index in [-0.39, 0.29) is 21.0 Å². The molecule has 0 fully saturated rings. The van der Waals surface area contributed by atoms with Crippen molar-refractivity contribution in [2.24, 2.45) is 5.92 Å². The van der Waals surface area contributed by atoms with Crippen LogP contribution in [0, 0.1) is 19.8 Å². The van der Waals surface area contributed by atoms with Gasteiger partial charge in [0.15, 0.2) is 5.69 Å². The van der Waals surface area contributed by atoms with Gasteiger partial charge in [0.1, 0.15) is 4.83 Å². The van der Waals surface area contributed by atoms with E-state index in [4.69, 9.17) is 0 Å². The molecule has 3 heterocycles. The molecule has 0 aliphatic rings. The van der Waals surface area contributed by atoms with E-state index >= 15 is 0 Å². The van der Waals surface area contributed by atoms with Gasteiger partial charge in [0.2, 0.25) is 0 Å². The van der Waals surface area contributed by atoms with E-state index in [1.54, 1.807) is 30.3 Å². The zero-order valence-electron chi connectivity index (χ0n) is 17.8. The summed E-state index contributed by atoms with van der Waals surface area (Å²) in [6.07, 6.45) is -4.62. The van der Waals surface area contributed by atoms with E-state index in [1.807, 2.05) is 31.5 Å². The van der Waals surface area contributed by atoms with Gasteiger partial charge < -0.3 is 5.32 Å². The van der Waals surface area contributed by atoms with Gasteiger partial charge in [-0.15, -0.1) is 11.3 Å². The highest BCUT2D eigenvalue weighted by Crippen LogP contribution is 2.38. The number of benzene rings is 1. The summed E-state index contributed by atoms with van der Waals surface area (Å²) in [4.78, 5) is 13.2. The van der Waals surface area contributed by atoms with Gasteiger partial charge in [0.05, 0.1) is 16.3 Å². The van der Waals surface area contributed by atoms with Crippen LogP contribution in [-0.2, 0) is 12.7 Å². The first-order chi connectivity index (χ1) is 15.1. The maximum atomic E-state index is 13.6. The van der Waals surface area contributed by atoms with E-state index in [0.29, 0.717) is 18.8 Å². The van der Waals surface area contributed by atoms with Crippen LogP contribution < -0.4 is 5.32 Å². The number of hydrogen-bond donors (Lipinski definition) is 1. The van der Waals surface area contributed by atoms with Crippen molar-refractivity contribution in [1.29, 1.82) is 0 Å². The maximum absolute atomic E-state index is 13.6. The summed E-state index contributed by atoms with van der Waals surface area (Å²) < 4.78 is 43.8. The summed E-state index contributed by atoms with van der Waals surface area (Å²) in [6, 6.07) is 11.8. The number of rotatable bonds is 6. The minimum atomic E-state index is -4.62. The van der Waals surface area contributed by atoms with Crippen LogP contribution in [0.4, 0.5) is 13.2 Å². The standard InChI is InChI=1S/C22H22F3N5OS/c1-13(12-29-15(3)9-14(2)27-29)11-26-20(31)18-10-17-19(22(23,24)25)28-30(21(17)32-18)16-7-5-4-6-8-16/h4-10,13H,11-12H2,1-3H3,(H,26,31)/t13-/m1/s1. The third-order valence-electron chi connectivity index (χ3n) is 5.05. The number of aromatic nitrogens is 4. The molecule has 0 unspecified atom stereocenters. The summed E-state index contributed by atoms with van der Waals surface area (Å²) in [7, 11) is 0. The lowest BCUT2D eigenvalue weighted by Gasteiger charge is -2.13. The smallest absolute Gasteiger partial charge is 0.351 e. The van der Waals surface area contributed by atoms with Crippen LogP contribution >= 0.6 is 11.3 Å². The highest BCUT2D eigenvalue weighted by molar-refractivity contribution is 7.20. The molecule has 168 valence electrons. The summed E-state index contributed by atoms with van der Waals surface area (Å²) >= 11 is 0.996. The van der Waals surface area contributed by atoms with Crippen molar-refractivity contribution in [2.75, 3.05) is 6.54 Å². The highest BCUT2D eigenvalue weighted by atomic mass is 32.1. The number of carbonyl (C=O) groups is 1. The van der Waals surface area contributed by atoms with Crippen LogP contribution in [0.25, 0.3) is 15.9 Å². The number of carbonyl (C=O) groups excluding carboxylic acids is 1. The molecule has 0 bridgehead atoms. The predicted octanol–water partition coefficient (Wildman–Crippen LogP) is 4.99. The number of nitrogens with one attached hydrogen (secondary N) is 1. The quantitative estimate of drug-likeness (QED) is 0.440. The Bertz CT molecular complexity index is 1260. The number of halogens is 3. The molecule has 0 saturated carbocycles. The van der Waals surface area contributed by atoms with E-state index in [2.05, 4.69) is 15.5 Å². The number of para-hydroxylation sites is 1. The molecule has 4 rings (SSSR count). The number of thiophene rings is 1. The van der Waals surface area contributed by atoms with Crippen molar-refractivity contribution < 1.29 is 18.0 Å². The van der Waals surface area contributed by atoms with E-state index in [1.165, 1.54) is 10.7 Å². The Morgan fingerprint density at radius 1 is 1.16 bits per heavy atom. The molecule has 0 spiro atoms. The van der Waals surface area contributed by atoms with E-state index in [0.717, 1.165) is 22.7 Å². The first-order valence-electron chi connectivity index (χ1n) is 10.1. The normalized spacial score (nSPS) is 12.9. The second-order valence-corrected chi connectivity index (χ2v) is 8.88. The van der Waals surface area contributed by atoms with Gasteiger partial charge in [0.25, 0.3) is 5.91 Å². The molecule has 1 atom stereocenters. The molecule has 32 heavy (non-hydrogen) atoms. The van der Waals surface area contributed by atoms with Gasteiger partial charge in [0, 0.05) is 24.2 Å². The molecule has 1 N–H and O–H groups in total. The van der Waals surface area contributed by atoms with Crippen molar-refractivity contribution in [2.45, 2.75) is 33.5 Å². The first-order valence-corrected chi connectivity index (χ1v) is 10.9. The third kappa shape index (κ3) is 4.40. The Morgan fingerprint density at radius 3 is 2.50 bits per heavy atom. The minimum absolute atomic E-state index is 0.0767. The maximum Gasteiger partial charge on any atom is 0.435 e.